The van der Waals surface area contributed by atoms with Gasteiger partial charge >= 0.3 is 0 Å². The standard InChI is InChI=1S/C22H22N2O5S/c1-15(29-18-10-8-17(9-11-18)16-6-4-3-5-7-16)22(25)24-20-14-19(30(23,26)27)12-13-21(20)28-2/h3-15H,1-2H3,(H,24,25)(H2,23,26,27). The number of nitrogens with one attached hydrogen (secondary N) is 1. The van der Waals surface area contributed by atoms with Crippen molar-refractivity contribution in [2.24, 2.45) is 5.14 Å². The fourth-order valence-electron chi connectivity index (χ4n) is 2.81. The number of ether oxygens (including phenoxy) is 2. The first-order chi connectivity index (χ1) is 14.3. The fourth-order valence-corrected chi connectivity index (χ4v) is 3.35. The number of nitrogens with two attached hydrogens (primary N) is 1. The summed E-state index contributed by atoms with van der Waals surface area (Å²) >= 11 is 0. The van der Waals surface area contributed by atoms with Crippen molar-refractivity contribution >= 4 is 21.6 Å². The van der Waals surface area contributed by atoms with Crippen molar-refractivity contribution in [3.05, 3.63) is 72.8 Å². The molecule has 0 spiro atoms. The van der Waals surface area contributed by atoms with E-state index in [-0.39, 0.29) is 10.6 Å². The number of hydrogen-bond donors (Lipinski definition) is 2. The van der Waals surface area contributed by atoms with Crippen LogP contribution < -0.4 is 19.9 Å². The van der Waals surface area contributed by atoms with E-state index >= 15 is 0 Å². The summed E-state index contributed by atoms with van der Waals surface area (Å²) in [5.74, 6) is 0.366. The molecule has 0 aromatic heterocycles. The van der Waals surface area contributed by atoms with E-state index in [1.807, 2.05) is 42.5 Å². The average Bonchev–Trinajstić information content (AvgIpc) is 2.74. The molecule has 3 aromatic rings. The third-order valence-corrected chi connectivity index (χ3v) is 5.31. The van der Waals surface area contributed by atoms with Crippen LogP contribution in [0.5, 0.6) is 11.5 Å². The van der Waals surface area contributed by atoms with Gasteiger partial charge in [-0.05, 0) is 48.4 Å². The van der Waals surface area contributed by atoms with Crippen molar-refractivity contribution in [3.8, 4) is 22.6 Å². The highest BCUT2D eigenvalue weighted by Crippen LogP contribution is 2.28. The molecule has 3 rings (SSSR count). The van der Waals surface area contributed by atoms with E-state index in [1.165, 1.54) is 25.3 Å². The fraction of sp³-hybridized carbons (Fsp3) is 0.136. The van der Waals surface area contributed by atoms with E-state index < -0.39 is 22.0 Å². The van der Waals surface area contributed by atoms with Crippen molar-refractivity contribution in [1.29, 1.82) is 0 Å². The summed E-state index contributed by atoms with van der Waals surface area (Å²) in [6.07, 6.45) is -0.838. The number of methoxy groups -OCH3 is 1. The molecule has 8 heteroatoms. The zero-order chi connectivity index (χ0) is 21.7. The molecule has 0 saturated carbocycles. The van der Waals surface area contributed by atoms with Crippen LogP contribution in [0, 0.1) is 0 Å². The Bertz CT molecular complexity index is 1130. The monoisotopic (exact) mass is 426 g/mol. The van der Waals surface area contributed by atoms with Gasteiger partial charge in [-0.25, -0.2) is 13.6 Å². The van der Waals surface area contributed by atoms with Gasteiger partial charge in [0.1, 0.15) is 11.5 Å². The first-order valence-electron chi connectivity index (χ1n) is 9.12. The topological polar surface area (TPSA) is 108 Å². The molecule has 1 atom stereocenters. The van der Waals surface area contributed by atoms with Gasteiger partial charge in [-0.3, -0.25) is 4.79 Å². The lowest BCUT2D eigenvalue weighted by molar-refractivity contribution is -0.122. The van der Waals surface area contributed by atoms with Gasteiger partial charge in [-0.1, -0.05) is 42.5 Å². The van der Waals surface area contributed by atoms with Gasteiger partial charge in [-0.2, -0.15) is 0 Å². The molecule has 1 amide bonds. The van der Waals surface area contributed by atoms with Crippen molar-refractivity contribution < 1.29 is 22.7 Å². The van der Waals surface area contributed by atoms with Crippen molar-refractivity contribution in [3.63, 3.8) is 0 Å². The third-order valence-electron chi connectivity index (χ3n) is 4.40. The van der Waals surface area contributed by atoms with Gasteiger partial charge < -0.3 is 14.8 Å². The number of hydrogen-bond acceptors (Lipinski definition) is 5. The molecule has 0 aliphatic carbocycles. The molecule has 0 heterocycles. The molecule has 30 heavy (non-hydrogen) atoms. The Labute approximate surface area is 175 Å². The Morgan fingerprint density at radius 3 is 2.20 bits per heavy atom. The molecule has 0 aliphatic heterocycles. The van der Waals surface area contributed by atoms with Crippen LogP contribution in [0.15, 0.2) is 77.7 Å². The number of carbonyl (C=O) groups is 1. The molecule has 3 N–H and O–H groups in total. The van der Waals surface area contributed by atoms with Crippen molar-refractivity contribution in [2.75, 3.05) is 12.4 Å². The molecule has 7 nitrogen and oxygen atoms in total. The maximum atomic E-state index is 12.6. The second-order valence-corrected chi connectivity index (χ2v) is 8.11. The van der Waals surface area contributed by atoms with E-state index in [2.05, 4.69) is 5.32 Å². The number of amides is 1. The number of benzene rings is 3. The Hall–Kier alpha value is -3.36. The van der Waals surface area contributed by atoms with Gasteiger partial charge in [0.15, 0.2) is 6.10 Å². The van der Waals surface area contributed by atoms with Crippen LogP contribution in [-0.2, 0) is 14.8 Å². The van der Waals surface area contributed by atoms with Crippen LogP contribution in [0.25, 0.3) is 11.1 Å². The van der Waals surface area contributed by atoms with Crippen LogP contribution >= 0.6 is 0 Å². The summed E-state index contributed by atoms with van der Waals surface area (Å²) in [6, 6.07) is 21.3. The lowest BCUT2D eigenvalue weighted by atomic mass is 10.1. The highest BCUT2D eigenvalue weighted by Gasteiger charge is 2.19. The molecule has 156 valence electrons. The van der Waals surface area contributed by atoms with Gasteiger partial charge in [-0.15, -0.1) is 0 Å². The smallest absolute Gasteiger partial charge is 0.265 e. The first-order valence-corrected chi connectivity index (χ1v) is 10.7. The molecule has 1 unspecified atom stereocenters. The molecule has 0 bridgehead atoms. The third kappa shape index (κ3) is 5.16. The van der Waals surface area contributed by atoms with Gasteiger partial charge in [0.05, 0.1) is 17.7 Å². The molecule has 0 aliphatic rings. The zero-order valence-corrected chi connectivity index (χ0v) is 17.3. The highest BCUT2D eigenvalue weighted by molar-refractivity contribution is 7.89. The number of anilines is 1. The predicted molar refractivity (Wildman–Crippen MR) is 115 cm³/mol. The number of carbonyl (C=O) groups excluding carboxylic acids is 1. The van der Waals surface area contributed by atoms with E-state index in [0.29, 0.717) is 11.5 Å². The van der Waals surface area contributed by atoms with Gasteiger partial charge in [0.25, 0.3) is 5.91 Å². The molecule has 0 radical (unpaired) electrons. The van der Waals surface area contributed by atoms with Crippen LogP contribution in [0.4, 0.5) is 5.69 Å². The zero-order valence-electron chi connectivity index (χ0n) is 16.5. The summed E-state index contributed by atoms with van der Waals surface area (Å²) in [4.78, 5) is 12.4. The summed E-state index contributed by atoms with van der Waals surface area (Å²) in [6.45, 7) is 1.59. The Morgan fingerprint density at radius 1 is 0.967 bits per heavy atom. The SMILES string of the molecule is COc1ccc(S(N)(=O)=O)cc1NC(=O)C(C)Oc1ccc(-c2ccccc2)cc1. The Kier molecular flexibility index (Phi) is 6.39. The van der Waals surface area contributed by atoms with Crippen LogP contribution in [0.2, 0.25) is 0 Å². The van der Waals surface area contributed by atoms with E-state index in [9.17, 15) is 13.2 Å². The minimum atomic E-state index is -3.92. The molecular weight excluding hydrogens is 404 g/mol. The molecular formula is C22H22N2O5S. The lowest BCUT2D eigenvalue weighted by Crippen LogP contribution is -2.30. The van der Waals surface area contributed by atoms with Crippen molar-refractivity contribution in [2.45, 2.75) is 17.9 Å². The summed E-state index contributed by atoms with van der Waals surface area (Å²) in [7, 11) is -2.51. The van der Waals surface area contributed by atoms with E-state index in [0.717, 1.165) is 11.1 Å². The second kappa shape index (κ2) is 8.98. The quantitative estimate of drug-likeness (QED) is 0.602. The maximum absolute atomic E-state index is 12.6. The summed E-state index contributed by atoms with van der Waals surface area (Å²) < 4.78 is 34.0. The second-order valence-electron chi connectivity index (χ2n) is 6.55. The van der Waals surface area contributed by atoms with E-state index in [1.54, 1.807) is 19.1 Å². The minimum absolute atomic E-state index is 0.135. The summed E-state index contributed by atoms with van der Waals surface area (Å²) in [5.41, 5.74) is 2.30. The molecule has 0 fully saturated rings. The maximum Gasteiger partial charge on any atom is 0.265 e. The normalized spacial score (nSPS) is 12.1. The largest absolute Gasteiger partial charge is 0.495 e. The van der Waals surface area contributed by atoms with Gasteiger partial charge in [0, 0.05) is 0 Å². The molecule has 3 aromatic carbocycles. The number of sulfonamides is 1. The van der Waals surface area contributed by atoms with Crippen molar-refractivity contribution in [1.82, 2.24) is 0 Å². The number of primary sulfonamides is 1. The minimum Gasteiger partial charge on any atom is -0.495 e. The van der Waals surface area contributed by atoms with E-state index in [4.69, 9.17) is 14.6 Å². The Balaban J connectivity index is 1.71. The van der Waals surface area contributed by atoms with Crippen LogP contribution in [0.1, 0.15) is 6.92 Å². The van der Waals surface area contributed by atoms with Crippen LogP contribution in [-0.4, -0.2) is 27.5 Å². The predicted octanol–water partition coefficient (Wildman–Crippen LogP) is 3.42. The summed E-state index contributed by atoms with van der Waals surface area (Å²) in [5, 5.41) is 7.78. The average molecular weight is 426 g/mol. The number of rotatable bonds is 7. The van der Waals surface area contributed by atoms with Gasteiger partial charge in [0.2, 0.25) is 10.0 Å². The lowest BCUT2D eigenvalue weighted by Gasteiger charge is -2.17. The molecule has 0 saturated heterocycles. The Morgan fingerprint density at radius 2 is 1.60 bits per heavy atom. The highest BCUT2D eigenvalue weighted by atomic mass is 32.2. The van der Waals surface area contributed by atoms with Crippen LogP contribution in [0.3, 0.4) is 0 Å². The first kappa shape index (κ1) is 21.4.